The van der Waals surface area contributed by atoms with Crippen molar-refractivity contribution in [3.8, 4) is 11.5 Å². The molecular formula is C30H35FN2O2. The Bertz CT molecular complexity index is 1160. The molecule has 3 aromatic rings. The van der Waals surface area contributed by atoms with Gasteiger partial charge in [0, 0.05) is 18.3 Å². The van der Waals surface area contributed by atoms with E-state index >= 15 is 0 Å². The van der Waals surface area contributed by atoms with Gasteiger partial charge in [0.2, 0.25) is 0 Å². The van der Waals surface area contributed by atoms with Crippen molar-refractivity contribution in [2.75, 3.05) is 18.0 Å². The topological polar surface area (TPSA) is 44.7 Å². The third-order valence-corrected chi connectivity index (χ3v) is 7.54. The number of hydrogen-bond acceptors (Lipinski definition) is 4. The maximum Gasteiger partial charge on any atom is 0.123 e. The molecule has 2 N–H and O–H groups in total. The monoisotopic (exact) mass is 474 g/mol. The molecule has 1 fully saturated rings. The molecule has 0 amide bonds. The minimum Gasteiger partial charge on any atom is -0.508 e. The highest BCUT2D eigenvalue weighted by molar-refractivity contribution is 5.54. The highest BCUT2D eigenvalue weighted by atomic mass is 19.1. The van der Waals surface area contributed by atoms with Crippen LogP contribution in [0, 0.1) is 12.7 Å². The van der Waals surface area contributed by atoms with E-state index in [4.69, 9.17) is 4.74 Å². The third-order valence-electron chi connectivity index (χ3n) is 7.54. The van der Waals surface area contributed by atoms with Crippen molar-refractivity contribution >= 4 is 5.69 Å². The lowest BCUT2D eigenvalue weighted by molar-refractivity contribution is 0.152. The first-order chi connectivity index (χ1) is 17.0. The molecule has 5 heteroatoms. The Hall–Kier alpha value is -3.05. The summed E-state index contributed by atoms with van der Waals surface area (Å²) in [6.07, 6.45) is 5.46. The van der Waals surface area contributed by atoms with E-state index in [1.807, 2.05) is 24.3 Å². The van der Waals surface area contributed by atoms with E-state index in [0.29, 0.717) is 11.8 Å². The van der Waals surface area contributed by atoms with Crippen LogP contribution in [0.1, 0.15) is 54.5 Å². The van der Waals surface area contributed by atoms with E-state index in [0.717, 1.165) is 49.4 Å². The fourth-order valence-electron chi connectivity index (χ4n) is 5.62. The molecule has 0 aromatic heterocycles. The second kappa shape index (κ2) is 10.3. The van der Waals surface area contributed by atoms with Gasteiger partial charge in [0.15, 0.2) is 0 Å². The molecule has 0 aliphatic carbocycles. The number of aryl methyl sites for hydroxylation is 1. The lowest BCUT2D eigenvalue weighted by Crippen LogP contribution is -2.44. The van der Waals surface area contributed by atoms with Gasteiger partial charge in [-0.15, -0.1) is 0 Å². The second-order valence-electron chi connectivity index (χ2n) is 10.0. The number of phenolic OH excluding ortho intramolecular Hbond substituents is 1. The number of halogens is 1. The number of anilines is 1. The van der Waals surface area contributed by atoms with Gasteiger partial charge >= 0.3 is 0 Å². The smallest absolute Gasteiger partial charge is 0.123 e. The second-order valence-corrected chi connectivity index (χ2v) is 10.0. The summed E-state index contributed by atoms with van der Waals surface area (Å²) in [5.41, 5.74) is 5.78. The van der Waals surface area contributed by atoms with Crippen molar-refractivity contribution in [1.29, 1.82) is 0 Å². The maximum absolute atomic E-state index is 13.6. The van der Waals surface area contributed by atoms with Gasteiger partial charge in [0.25, 0.3) is 0 Å². The Kier molecular flexibility index (Phi) is 6.96. The Labute approximate surface area is 207 Å². The maximum atomic E-state index is 13.6. The lowest BCUT2D eigenvalue weighted by atomic mass is 9.87. The average molecular weight is 475 g/mol. The molecule has 184 valence electrons. The Morgan fingerprint density at radius 3 is 2.66 bits per heavy atom. The molecule has 3 aromatic carbocycles. The zero-order chi connectivity index (χ0) is 24.4. The summed E-state index contributed by atoms with van der Waals surface area (Å²) in [6, 6.07) is 19.5. The van der Waals surface area contributed by atoms with Crippen LogP contribution >= 0.6 is 0 Å². The molecule has 2 aliphatic heterocycles. The molecule has 2 heterocycles. The van der Waals surface area contributed by atoms with Crippen LogP contribution < -0.4 is 15.0 Å². The van der Waals surface area contributed by atoms with Gasteiger partial charge in [-0.05, 0) is 111 Å². The van der Waals surface area contributed by atoms with Crippen LogP contribution in [-0.4, -0.2) is 30.3 Å². The highest BCUT2D eigenvalue weighted by Gasteiger charge is 2.28. The summed E-state index contributed by atoms with van der Waals surface area (Å²) in [5.74, 6) is 1.02. The zero-order valence-corrected chi connectivity index (χ0v) is 20.6. The molecule has 0 saturated carbocycles. The number of ether oxygens (including phenoxy) is 1. The van der Waals surface area contributed by atoms with Gasteiger partial charge in [0.05, 0.1) is 6.04 Å². The number of fused-ring (bicyclic) bond motifs is 1. The van der Waals surface area contributed by atoms with Crippen LogP contribution in [0.5, 0.6) is 11.5 Å². The van der Waals surface area contributed by atoms with E-state index in [1.165, 1.54) is 41.7 Å². The van der Waals surface area contributed by atoms with Crippen molar-refractivity contribution in [2.45, 2.75) is 64.1 Å². The number of phenols is 1. The first kappa shape index (κ1) is 23.7. The van der Waals surface area contributed by atoms with Crippen molar-refractivity contribution in [3.63, 3.8) is 0 Å². The number of aromatic hydroxyl groups is 1. The Morgan fingerprint density at radius 1 is 1.09 bits per heavy atom. The van der Waals surface area contributed by atoms with Crippen molar-refractivity contribution < 1.29 is 14.2 Å². The molecule has 4 nitrogen and oxygen atoms in total. The van der Waals surface area contributed by atoms with Gasteiger partial charge in [-0.2, -0.15) is 0 Å². The molecule has 3 atom stereocenters. The lowest BCUT2D eigenvalue weighted by Gasteiger charge is -2.39. The van der Waals surface area contributed by atoms with Gasteiger partial charge in [-0.1, -0.05) is 24.6 Å². The standard InChI is InChI=1S/C30H35FN2O2/c1-20-17-22(6-13-30(20)35-21(2)28-5-3-4-15-32-28)18-29-27-12-11-26(34)19-23(27)14-16-33(29)25-9-7-24(31)8-10-25/h6-13,17,19,21,28-29,32,34H,3-5,14-16,18H2,1-2H3. The van der Waals surface area contributed by atoms with Crippen molar-refractivity contribution in [3.05, 3.63) is 88.7 Å². The van der Waals surface area contributed by atoms with Gasteiger partial charge in [-0.3, -0.25) is 0 Å². The van der Waals surface area contributed by atoms with Gasteiger partial charge in [-0.25, -0.2) is 4.39 Å². The van der Waals surface area contributed by atoms with Crippen LogP contribution in [-0.2, 0) is 12.8 Å². The van der Waals surface area contributed by atoms with Gasteiger partial charge < -0.3 is 20.1 Å². The highest BCUT2D eigenvalue weighted by Crippen LogP contribution is 2.38. The number of benzene rings is 3. The first-order valence-electron chi connectivity index (χ1n) is 12.8. The zero-order valence-electron chi connectivity index (χ0n) is 20.6. The third kappa shape index (κ3) is 5.30. The first-order valence-corrected chi connectivity index (χ1v) is 12.8. The van der Waals surface area contributed by atoms with E-state index < -0.39 is 0 Å². The fraction of sp³-hybridized carbons (Fsp3) is 0.400. The SMILES string of the molecule is Cc1cc(CC2c3ccc(O)cc3CCN2c2ccc(F)cc2)ccc1OC(C)C1CCCCN1. The predicted octanol–water partition coefficient (Wildman–Crippen LogP) is 6.10. The van der Waals surface area contributed by atoms with Crippen LogP contribution in [0.15, 0.2) is 60.7 Å². The van der Waals surface area contributed by atoms with Crippen molar-refractivity contribution in [2.24, 2.45) is 0 Å². The Balaban J connectivity index is 1.39. The molecular weight excluding hydrogens is 439 g/mol. The molecule has 0 spiro atoms. The van der Waals surface area contributed by atoms with Crippen LogP contribution in [0.3, 0.4) is 0 Å². The quantitative estimate of drug-likeness (QED) is 0.453. The number of nitrogens with zero attached hydrogens (tertiary/aromatic N) is 1. The van der Waals surface area contributed by atoms with Crippen LogP contribution in [0.2, 0.25) is 0 Å². The van der Waals surface area contributed by atoms with E-state index in [2.05, 4.69) is 42.3 Å². The summed E-state index contributed by atoms with van der Waals surface area (Å²) in [4.78, 5) is 2.36. The number of nitrogens with one attached hydrogen (secondary N) is 1. The van der Waals surface area contributed by atoms with E-state index in [9.17, 15) is 9.50 Å². The van der Waals surface area contributed by atoms with Crippen molar-refractivity contribution in [1.82, 2.24) is 5.32 Å². The minimum absolute atomic E-state index is 0.0985. The van der Waals surface area contributed by atoms with E-state index in [1.54, 1.807) is 6.07 Å². The largest absolute Gasteiger partial charge is 0.508 e. The number of piperidine rings is 1. The summed E-state index contributed by atoms with van der Waals surface area (Å²) >= 11 is 0. The number of hydrogen-bond donors (Lipinski definition) is 2. The van der Waals surface area contributed by atoms with E-state index in [-0.39, 0.29) is 18.0 Å². The summed E-state index contributed by atoms with van der Waals surface area (Å²) in [5, 5.41) is 13.6. The summed E-state index contributed by atoms with van der Waals surface area (Å²) < 4.78 is 20.0. The fourth-order valence-corrected chi connectivity index (χ4v) is 5.62. The molecule has 0 bridgehead atoms. The summed E-state index contributed by atoms with van der Waals surface area (Å²) in [6.45, 7) is 6.16. The average Bonchev–Trinajstić information content (AvgIpc) is 2.87. The number of rotatable bonds is 6. The molecule has 35 heavy (non-hydrogen) atoms. The van der Waals surface area contributed by atoms with Crippen LogP contribution in [0.4, 0.5) is 10.1 Å². The molecule has 2 aliphatic rings. The molecule has 1 saturated heterocycles. The van der Waals surface area contributed by atoms with Gasteiger partial charge in [0.1, 0.15) is 23.4 Å². The molecule has 3 unspecified atom stereocenters. The molecule has 0 radical (unpaired) electrons. The minimum atomic E-state index is -0.225. The van der Waals surface area contributed by atoms with Crippen LogP contribution in [0.25, 0.3) is 0 Å². The normalized spacial score (nSPS) is 20.8. The predicted molar refractivity (Wildman–Crippen MR) is 139 cm³/mol. The molecule has 5 rings (SSSR count). The summed E-state index contributed by atoms with van der Waals surface area (Å²) in [7, 11) is 0. The Morgan fingerprint density at radius 2 is 1.91 bits per heavy atom.